The second kappa shape index (κ2) is 7.01. The smallest absolute Gasteiger partial charge is 0.271 e. The second-order valence-corrected chi connectivity index (χ2v) is 5.66. The zero-order chi connectivity index (χ0) is 17.0. The van der Waals surface area contributed by atoms with Crippen molar-refractivity contribution >= 4 is 29.1 Å². The van der Waals surface area contributed by atoms with E-state index in [1.54, 1.807) is 0 Å². The molecule has 0 aliphatic carbocycles. The van der Waals surface area contributed by atoms with Crippen LogP contribution in [0.2, 0.25) is 0 Å². The molecule has 1 heterocycles. The highest BCUT2D eigenvalue weighted by Crippen LogP contribution is 2.24. The van der Waals surface area contributed by atoms with Crippen LogP contribution in [0.1, 0.15) is 23.0 Å². The van der Waals surface area contributed by atoms with Crippen molar-refractivity contribution in [1.29, 1.82) is 0 Å². The van der Waals surface area contributed by atoms with Gasteiger partial charge in [-0.15, -0.1) is 11.3 Å². The number of rotatable bonds is 6. The summed E-state index contributed by atoms with van der Waals surface area (Å²) in [5.41, 5.74) is 12.2. The highest BCUT2D eigenvalue weighted by atomic mass is 32.1. The SMILES string of the molecule is CCc1ccc(-c2nc(C(=O)NC(C(N)=O)C(N)=O)cs2)cc1. The van der Waals surface area contributed by atoms with E-state index in [2.05, 4.69) is 17.2 Å². The minimum absolute atomic E-state index is 0.0945. The number of hydrogen-bond donors (Lipinski definition) is 3. The summed E-state index contributed by atoms with van der Waals surface area (Å²) in [7, 11) is 0. The Labute approximate surface area is 136 Å². The van der Waals surface area contributed by atoms with Crippen LogP contribution in [0.5, 0.6) is 0 Å². The van der Waals surface area contributed by atoms with Crippen molar-refractivity contribution in [3.05, 3.63) is 40.9 Å². The molecule has 0 spiro atoms. The Bertz CT molecular complexity index is 725. The summed E-state index contributed by atoms with van der Waals surface area (Å²) in [6.45, 7) is 2.06. The molecule has 2 rings (SSSR count). The first-order valence-corrected chi connectivity index (χ1v) is 7.74. The van der Waals surface area contributed by atoms with Crippen molar-refractivity contribution < 1.29 is 14.4 Å². The number of hydrogen-bond acceptors (Lipinski definition) is 5. The first-order chi connectivity index (χ1) is 10.9. The van der Waals surface area contributed by atoms with Gasteiger partial charge in [0.25, 0.3) is 5.91 Å². The number of carbonyl (C=O) groups excluding carboxylic acids is 3. The molecule has 0 fully saturated rings. The number of amides is 3. The Morgan fingerprint density at radius 1 is 1.17 bits per heavy atom. The lowest BCUT2D eigenvalue weighted by Gasteiger charge is -2.10. The van der Waals surface area contributed by atoms with Crippen LogP contribution in [0, 0.1) is 0 Å². The van der Waals surface area contributed by atoms with Crippen LogP contribution in [-0.4, -0.2) is 28.7 Å². The molecule has 120 valence electrons. The molecule has 0 bridgehead atoms. The van der Waals surface area contributed by atoms with E-state index in [0.29, 0.717) is 5.01 Å². The van der Waals surface area contributed by atoms with Gasteiger partial charge in [0.2, 0.25) is 11.8 Å². The molecule has 0 atom stereocenters. The Morgan fingerprint density at radius 3 is 2.30 bits per heavy atom. The standard InChI is InChI=1S/C15H16N4O3S/c1-2-8-3-5-9(6-4-8)15-18-10(7-23-15)14(22)19-11(12(16)20)13(17)21/h3-7,11H,2H2,1H3,(H2,16,20)(H2,17,21)(H,19,22). The third-order valence-corrected chi connectivity index (χ3v) is 4.08. The molecule has 1 aromatic heterocycles. The van der Waals surface area contributed by atoms with Gasteiger partial charge in [0.15, 0.2) is 6.04 Å². The lowest BCUT2D eigenvalue weighted by atomic mass is 10.1. The summed E-state index contributed by atoms with van der Waals surface area (Å²) in [6.07, 6.45) is 0.938. The van der Waals surface area contributed by atoms with Crippen LogP contribution in [0.25, 0.3) is 10.6 Å². The maximum Gasteiger partial charge on any atom is 0.271 e. The van der Waals surface area contributed by atoms with Crippen LogP contribution in [-0.2, 0) is 16.0 Å². The van der Waals surface area contributed by atoms with E-state index in [-0.39, 0.29) is 5.69 Å². The maximum absolute atomic E-state index is 12.0. The molecule has 7 nitrogen and oxygen atoms in total. The van der Waals surface area contributed by atoms with E-state index in [4.69, 9.17) is 11.5 Å². The van der Waals surface area contributed by atoms with Crippen molar-refractivity contribution in [3.63, 3.8) is 0 Å². The number of thiazole rings is 1. The van der Waals surface area contributed by atoms with Crippen LogP contribution in [0.4, 0.5) is 0 Å². The molecule has 3 amide bonds. The highest BCUT2D eigenvalue weighted by molar-refractivity contribution is 7.13. The van der Waals surface area contributed by atoms with E-state index in [1.807, 2.05) is 24.3 Å². The monoisotopic (exact) mass is 332 g/mol. The second-order valence-electron chi connectivity index (χ2n) is 4.80. The molecule has 1 aromatic carbocycles. The topological polar surface area (TPSA) is 128 Å². The van der Waals surface area contributed by atoms with Crippen LogP contribution < -0.4 is 16.8 Å². The van der Waals surface area contributed by atoms with E-state index in [1.165, 1.54) is 22.3 Å². The molecule has 2 aromatic rings. The third kappa shape index (κ3) is 3.92. The van der Waals surface area contributed by atoms with Gasteiger partial charge in [-0.1, -0.05) is 31.2 Å². The van der Waals surface area contributed by atoms with Crippen molar-refractivity contribution in [2.75, 3.05) is 0 Å². The number of carbonyl (C=O) groups is 3. The number of aromatic nitrogens is 1. The average molecular weight is 332 g/mol. The zero-order valence-electron chi connectivity index (χ0n) is 12.4. The summed E-state index contributed by atoms with van der Waals surface area (Å²) in [5, 5.41) is 4.37. The van der Waals surface area contributed by atoms with Gasteiger partial charge in [0.05, 0.1) is 0 Å². The largest absolute Gasteiger partial charge is 0.367 e. The predicted octanol–water partition coefficient (Wildman–Crippen LogP) is 0.441. The fraction of sp³-hybridized carbons (Fsp3) is 0.200. The van der Waals surface area contributed by atoms with Crippen LogP contribution in [0.3, 0.4) is 0 Å². The van der Waals surface area contributed by atoms with Gasteiger partial charge >= 0.3 is 0 Å². The van der Waals surface area contributed by atoms with Crippen molar-refractivity contribution in [2.45, 2.75) is 19.4 Å². The average Bonchev–Trinajstić information content (AvgIpc) is 3.01. The molecule has 0 saturated carbocycles. The Balaban J connectivity index is 2.16. The van der Waals surface area contributed by atoms with Crippen molar-refractivity contribution in [2.24, 2.45) is 11.5 Å². The molecular weight excluding hydrogens is 316 g/mol. The van der Waals surface area contributed by atoms with E-state index in [0.717, 1.165) is 12.0 Å². The third-order valence-electron chi connectivity index (χ3n) is 3.19. The lowest BCUT2D eigenvalue weighted by molar-refractivity contribution is -0.128. The van der Waals surface area contributed by atoms with Gasteiger partial charge in [-0.3, -0.25) is 14.4 Å². The Kier molecular flexibility index (Phi) is 5.07. The Hall–Kier alpha value is -2.74. The maximum atomic E-state index is 12.0. The van der Waals surface area contributed by atoms with Crippen LogP contribution >= 0.6 is 11.3 Å². The molecular formula is C15H16N4O3S. The van der Waals surface area contributed by atoms with Gasteiger partial charge in [-0.25, -0.2) is 4.98 Å². The Morgan fingerprint density at radius 2 is 1.78 bits per heavy atom. The van der Waals surface area contributed by atoms with Gasteiger partial charge in [-0.2, -0.15) is 0 Å². The van der Waals surface area contributed by atoms with Crippen LogP contribution in [0.15, 0.2) is 29.6 Å². The number of nitrogens with zero attached hydrogens (tertiary/aromatic N) is 1. The molecule has 5 N–H and O–H groups in total. The minimum atomic E-state index is -1.56. The van der Waals surface area contributed by atoms with Crippen molar-refractivity contribution in [3.8, 4) is 10.6 Å². The quantitative estimate of drug-likeness (QED) is 0.663. The highest BCUT2D eigenvalue weighted by Gasteiger charge is 2.25. The first kappa shape index (κ1) is 16.6. The van der Waals surface area contributed by atoms with Gasteiger partial charge < -0.3 is 16.8 Å². The number of nitrogens with one attached hydrogen (secondary N) is 1. The first-order valence-electron chi connectivity index (χ1n) is 6.86. The molecule has 0 aliphatic heterocycles. The zero-order valence-corrected chi connectivity index (χ0v) is 13.2. The molecule has 0 radical (unpaired) electrons. The molecule has 0 unspecified atom stereocenters. The van der Waals surface area contributed by atoms with E-state index >= 15 is 0 Å². The predicted molar refractivity (Wildman–Crippen MR) is 86.6 cm³/mol. The molecule has 23 heavy (non-hydrogen) atoms. The fourth-order valence-corrected chi connectivity index (χ4v) is 2.69. The summed E-state index contributed by atoms with van der Waals surface area (Å²) >= 11 is 1.28. The molecule has 0 saturated heterocycles. The summed E-state index contributed by atoms with van der Waals surface area (Å²) in [4.78, 5) is 38.4. The summed E-state index contributed by atoms with van der Waals surface area (Å²) < 4.78 is 0. The van der Waals surface area contributed by atoms with Gasteiger partial charge in [-0.05, 0) is 12.0 Å². The normalized spacial score (nSPS) is 10.5. The number of benzene rings is 1. The number of primary amides is 2. The molecule has 8 heteroatoms. The number of aryl methyl sites for hydroxylation is 1. The summed E-state index contributed by atoms with van der Waals surface area (Å²) in [6, 6.07) is 6.28. The summed E-state index contributed by atoms with van der Waals surface area (Å²) in [5.74, 6) is -2.71. The van der Waals surface area contributed by atoms with E-state index < -0.39 is 23.8 Å². The van der Waals surface area contributed by atoms with Crippen molar-refractivity contribution in [1.82, 2.24) is 10.3 Å². The lowest BCUT2D eigenvalue weighted by Crippen LogP contribution is -2.52. The van der Waals surface area contributed by atoms with Gasteiger partial charge in [0, 0.05) is 10.9 Å². The van der Waals surface area contributed by atoms with Gasteiger partial charge in [0.1, 0.15) is 10.7 Å². The fourth-order valence-electron chi connectivity index (χ4n) is 1.88. The molecule has 0 aliphatic rings. The number of nitrogens with two attached hydrogens (primary N) is 2. The van der Waals surface area contributed by atoms with E-state index in [9.17, 15) is 14.4 Å². The minimum Gasteiger partial charge on any atom is -0.367 e.